The van der Waals surface area contributed by atoms with Crippen LogP contribution in [-0.2, 0) is 11.2 Å². The Morgan fingerprint density at radius 2 is 2.04 bits per heavy atom. The van der Waals surface area contributed by atoms with Gasteiger partial charge in [0, 0.05) is 70.8 Å². The van der Waals surface area contributed by atoms with Gasteiger partial charge >= 0.3 is 0 Å². The fourth-order valence-corrected chi connectivity index (χ4v) is 10.4. The fraction of sp³-hybridized carbons (Fsp3) is 0.366. The highest BCUT2D eigenvalue weighted by Crippen LogP contribution is 2.51. The van der Waals surface area contributed by atoms with Crippen LogP contribution in [0.1, 0.15) is 61.1 Å². The van der Waals surface area contributed by atoms with Crippen molar-refractivity contribution in [2.24, 2.45) is 11.8 Å². The minimum absolute atomic E-state index is 0.0401. The Labute approximate surface area is 319 Å². The largest absolute Gasteiger partial charge is 0.487 e. The molecule has 1 N–H and O–H groups in total. The lowest BCUT2D eigenvalue weighted by atomic mass is 9.79. The van der Waals surface area contributed by atoms with Gasteiger partial charge in [0.2, 0.25) is 5.91 Å². The molecular formula is C41H35Cl2FN6O2S. The molecule has 8 nitrogen and oxygen atoms in total. The van der Waals surface area contributed by atoms with E-state index in [2.05, 4.69) is 31.9 Å². The van der Waals surface area contributed by atoms with Crippen molar-refractivity contribution in [1.29, 1.82) is 5.26 Å². The number of benzene rings is 2. The molecule has 5 atom stereocenters. The number of rotatable bonds is 8. The fourth-order valence-electron chi connectivity index (χ4n) is 9.19. The number of pyridine rings is 2. The SMILES string of the molecule is Cc1nc2c(F)c(-c3cccc(Cl)c3Cl)c(CCC#N)cc2c2c1cc([C@H]1C[C@H](Oc3ccnc4ccsc34)CN1C(=O)C1CC1)n2[C@H]1[C@H]2CN[C@@H]1C2. The molecule has 53 heavy (non-hydrogen) atoms. The van der Waals surface area contributed by atoms with Crippen LogP contribution in [0.15, 0.2) is 54.0 Å². The minimum Gasteiger partial charge on any atom is -0.487 e. The van der Waals surface area contributed by atoms with Gasteiger partial charge in [0.05, 0.1) is 50.5 Å². The number of likely N-dealkylation sites (tertiary alicyclic amines) is 1. The van der Waals surface area contributed by atoms with Crippen LogP contribution >= 0.6 is 34.5 Å². The van der Waals surface area contributed by atoms with Gasteiger partial charge in [-0.05, 0) is 79.8 Å². The molecule has 6 aromatic rings. The number of carbonyl (C=O) groups is 1. The van der Waals surface area contributed by atoms with E-state index in [4.69, 9.17) is 32.9 Å². The number of halogens is 3. The highest BCUT2D eigenvalue weighted by molar-refractivity contribution is 7.17. The molecule has 4 aromatic heterocycles. The van der Waals surface area contributed by atoms with Crippen molar-refractivity contribution in [3.8, 4) is 22.9 Å². The second kappa shape index (κ2) is 12.7. The van der Waals surface area contributed by atoms with E-state index in [9.17, 15) is 10.1 Å². The molecule has 7 heterocycles. The normalized spacial score (nSPS) is 23.6. The first kappa shape index (κ1) is 33.3. The quantitative estimate of drug-likeness (QED) is 0.166. The number of aryl methyl sites for hydroxylation is 2. The third-order valence-electron chi connectivity index (χ3n) is 11.8. The summed E-state index contributed by atoms with van der Waals surface area (Å²) in [6.45, 7) is 3.33. The zero-order valence-corrected chi connectivity index (χ0v) is 31.2. The van der Waals surface area contributed by atoms with E-state index in [1.807, 2.05) is 30.5 Å². The van der Waals surface area contributed by atoms with Crippen molar-refractivity contribution in [1.82, 2.24) is 24.8 Å². The Bertz CT molecular complexity index is 2530. The molecule has 0 spiro atoms. The van der Waals surface area contributed by atoms with Gasteiger partial charge in [-0.1, -0.05) is 35.3 Å². The lowest BCUT2D eigenvalue weighted by molar-refractivity contribution is -0.133. The Kier molecular flexibility index (Phi) is 7.96. The van der Waals surface area contributed by atoms with Gasteiger partial charge in [0.15, 0.2) is 5.82 Å². The zero-order valence-electron chi connectivity index (χ0n) is 28.9. The maximum atomic E-state index is 17.2. The number of hydrogen-bond acceptors (Lipinski definition) is 7. The summed E-state index contributed by atoms with van der Waals surface area (Å²) in [7, 11) is 0. The summed E-state index contributed by atoms with van der Waals surface area (Å²) in [5.41, 5.74) is 5.30. The van der Waals surface area contributed by atoms with Crippen LogP contribution in [0.3, 0.4) is 0 Å². The van der Waals surface area contributed by atoms with Crippen LogP contribution in [0, 0.1) is 35.9 Å². The van der Waals surface area contributed by atoms with Gasteiger partial charge in [-0.2, -0.15) is 5.26 Å². The molecule has 5 fully saturated rings. The molecule has 11 rings (SSSR count). The number of hydrogen-bond donors (Lipinski definition) is 1. The van der Waals surface area contributed by atoms with E-state index in [1.54, 1.807) is 35.7 Å². The summed E-state index contributed by atoms with van der Waals surface area (Å²) >= 11 is 14.7. The average Bonchev–Trinajstić information content (AvgIpc) is 3.63. The minimum atomic E-state index is -0.481. The van der Waals surface area contributed by atoms with Crippen molar-refractivity contribution in [2.45, 2.75) is 69.7 Å². The van der Waals surface area contributed by atoms with E-state index in [0.717, 1.165) is 58.4 Å². The topological polar surface area (TPSA) is 96.1 Å². The maximum Gasteiger partial charge on any atom is 0.226 e. The molecule has 3 saturated heterocycles. The number of nitrogens with one attached hydrogen (secondary N) is 1. The van der Waals surface area contributed by atoms with Crippen LogP contribution in [0.2, 0.25) is 10.0 Å². The summed E-state index contributed by atoms with van der Waals surface area (Å²) in [4.78, 5) is 25.6. The second-order valence-corrected chi connectivity index (χ2v) is 16.7. The van der Waals surface area contributed by atoms with Crippen LogP contribution in [0.4, 0.5) is 4.39 Å². The van der Waals surface area contributed by atoms with Crippen LogP contribution in [-0.4, -0.2) is 50.6 Å². The third kappa shape index (κ3) is 5.26. The standard InChI is InChI=1S/C41H35Cl2FN6O2S/c1-20-26-17-32(31-16-24(19-49(31)41(51)21-7-8-21)52-33-9-12-46-29-10-13-53-40(29)33)50(38-23-15-30(38)47-18-23)39(26)27-14-22(4-3-11-45)34(36(44)37(27)48-20)25-5-2-6-28(42)35(25)43/h2,5-6,9-10,12-14,17,21,23-24,30-31,38,47H,3-4,7-8,15-16,18-19H2,1H3/t23-,24+,30-,31-,38+/m1/s1. The monoisotopic (exact) mass is 764 g/mol. The number of aromatic nitrogens is 3. The van der Waals surface area contributed by atoms with E-state index < -0.39 is 5.82 Å². The highest BCUT2D eigenvalue weighted by Gasteiger charge is 2.51. The molecule has 0 radical (unpaired) electrons. The zero-order chi connectivity index (χ0) is 36.1. The summed E-state index contributed by atoms with van der Waals surface area (Å²) in [5.74, 6) is 0.939. The van der Waals surface area contributed by atoms with E-state index in [-0.39, 0.29) is 53.0 Å². The van der Waals surface area contributed by atoms with Crippen LogP contribution < -0.4 is 10.1 Å². The number of amides is 1. The number of fused-ring (bicyclic) bond motifs is 5. The van der Waals surface area contributed by atoms with Crippen molar-refractivity contribution in [3.63, 3.8) is 0 Å². The molecule has 268 valence electrons. The van der Waals surface area contributed by atoms with Crippen molar-refractivity contribution in [2.75, 3.05) is 13.1 Å². The molecule has 2 aliphatic carbocycles. The molecule has 5 aliphatic rings. The van der Waals surface area contributed by atoms with Gasteiger partial charge in [-0.15, -0.1) is 11.3 Å². The van der Waals surface area contributed by atoms with Gasteiger partial charge in [-0.25, -0.2) is 9.37 Å². The summed E-state index contributed by atoms with van der Waals surface area (Å²) in [5, 5.41) is 17.6. The molecular weight excluding hydrogens is 730 g/mol. The smallest absolute Gasteiger partial charge is 0.226 e. The van der Waals surface area contributed by atoms with Gasteiger partial charge in [-0.3, -0.25) is 9.78 Å². The third-order valence-corrected chi connectivity index (χ3v) is 13.6. The molecule has 2 bridgehead atoms. The summed E-state index contributed by atoms with van der Waals surface area (Å²) < 4.78 is 27.4. The van der Waals surface area contributed by atoms with E-state index >= 15 is 4.39 Å². The number of nitrogens with zero attached hydrogens (tertiary/aromatic N) is 5. The molecule has 0 unspecified atom stereocenters. The molecule has 2 aromatic carbocycles. The van der Waals surface area contributed by atoms with Gasteiger partial charge in [0.25, 0.3) is 0 Å². The molecule has 1 amide bonds. The molecule has 3 aliphatic heterocycles. The molecule has 12 heteroatoms. The van der Waals surface area contributed by atoms with Crippen LogP contribution in [0.25, 0.3) is 43.1 Å². The highest BCUT2D eigenvalue weighted by atomic mass is 35.5. The summed E-state index contributed by atoms with van der Waals surface area (Å²) in [6, 6.07) is 15.7. The number of ether oxygens (including phenoxy) is 1. The van der Waals surface area contributed by atoms with Gasteiger partial charge < -0.3 is 19.5 Å². The second-order valence-electron chi connectivity index (χ2n) is 15.0. The van der Waals surface area contributed by atoms with Crippen LogP contribution in [0.5, 0.6) is 5.75 Å². The van der Waals surface area contributed by atoms with Crippen molar-refractivity contribution < 1.29 is 13.9 Å². The first-order valence-electron chi connectivity index (χ1n) is 18.3. The lowest BCUT2D eigenvalue weighted by Crippen LogP contribution is -2.41. The van der Waals surface area contributed by atoms with E-state index in [1.165, 1.54) is 0 Å². The first-order chi connectivity index (χ1) is 25.8. The predicted octanol–water partition coefficient (Wildman–Crippen LogP) is 9.34. The van der Waals surface area contributed by atoms with Crippen molar-refractivity contribution in [3.05, 3.63) is 86.9 Å². The Morgan fingerprint density at radius 3 is 2.81 bits per heavy atom. The first-order valence-corrected chi connectivity index (χ1v) is 19.9. The number of thiophene rings is 1. The number of nitriles is 1. The summed E-state index contributed by atoms with van der Waals surface area (Å²) in [6.07, 6.45) is 5.62. The number of carbonyl (C=O) groups excluding carboxylic acids is 1. The average molecular weight is 766 g/mol. The van der Waals surface area contributed by atoms with Gasteiger partial charge in [0.1, 0.15) is 17.4 Å². The van der Waals surface area contributed by atoms with E-state index in [0.29, 0.717) is 58.1 Å². The Balaban J connectivity index is 1.18. The lowest BCUT2D eigenvalue weighted by Gasteiger charge is -2.39. The Morgan fingerprint density at radius 1 is 1.17 bits per heavy atom. The predicted molar refractivity (Wildman–Crippen MR) is 206 cm³/mol. The maximum absolute atomic E-state index is 17.2. The molecule has 2 saturated carbocycles. The Hall–Kier alpha value is -4.27. The van der Waals surface area contributed by atoms with Crippen molar-refractivity contribution >= 4 is 72.5 Å².